The molecule has 0 saturated heterocycles. The van der Waals surface area contributed by atoms with Crippen molar-refractivity contribution in [2.75, 3.05) is 10.6 Å². The number of hydrogen-bond acceptors (Lipinski definition) is 3. The number of amides is 2. The summed E-state index contributed by atoms with van der Waals surface area (Å²) in [5.41, 5.74) is 1.34. The Labute approximate surface area is 136 Å². The number of rotatable bonds is 4. The normalized spacial score (nSPS) is 9.64. The van der Waals surface area contributed by atoms with Crippen molar-refractivity contribution in [2.45, 2.75) is 6.42 Å². The molecule has 0 aliphatic heterocycles. The molecule has 0 atom stereocenters. The summed E-state index contributed by atoms with van der Waals surface area (Å²) in [6.07, 6.45) is -0.332. The van der Waals surface area contributed by atoms with Crippen molar-refractivity contribution < 1.29 is 9.59 Å². The molecule has 110 valence electrons. The summed E-state index contributed by atoms with van der Waals surface area (Å²) in [5.74, 6) is -0.911. The van der Waals surface area contributed by atoms with Gasteiger partial charge in [0, 0.05) is 4.47 Å². The molecule has 2 aromatic rings. The number of para-hydroxylation sites is 2. The van der Waals surface area contributed by atoms with Crippen LogP contribution in [0.2, 0.25) is 0 Å². The third kappa shape index (κ3) is 4.17. The lowest BCUT2D eigenvalue weighted by Gasteiger charge is -2.08. The number of nitrogens with one attached hydrogen (secondary N) is 2. The first kappa shape index (κ1) is 15.7. The molecular formula is C16H12BrN3O2. The molecule has 6 heteroatoms. The van der Waals surface area contributed by atoms with Gasteiger partial charge in [0.25, 0.3) is 0 Å². The summed E-state index contributed by atoms with van der Waals surface area (Å²) >= 11 is 3.31. The van der Waals surface area contributed by atoms with Crippen molar-refractivity contribution >= 4 is 39.1 Å². The van der Waals surface area contributed by atoms with Crippen LogP contribution in [0.1, 0.15) is 12.0 Å². The fourth-order valence-corrected chi connectivity index (χ4v) is 2.17. The maximum absolute atomic E-state index is 11.9. The van der Waals surface area contributed by atoms with E-state index in [1.54, 1.807) is 42.5 Å². The van der Waals surface area contributed by atoms with Crippen LogP contribution in [0, 0.1) is 11.3 Å². The fraction of sp³-hybridized carbons (Fsp3) is 0.0625. The Morgan fingerprint density at radius 3 is 2.14 bits per heavy atom. The van der Waals surface area contributed by atoms with Gasteiger partial charge in [-0.25, -0.2) is 0 Å². The molecule has 0 radical (unpaired) electrons. The molecule has 0 bridgehead atoms. The third-order valence-electron chi connectivity index (χ3n) is 2.79. The van der Waals surface area contributed by atoms with Gasteiger partial charge in [-0.3, -0.25) is 9.59 Å². The molecular weight excluding hydrogens is 346 g/mol. The summed E-state index contributed by atoms with van der Waals surface area (Å²) in [7, 11) is 0. The summed E-state index contributed by atoms with van der Waals surface area (Å²) < 4.78 is 0.735. The fourth-order valence-electron chi connectivity index (χ4n) is 1.79. The predicted octanol–water partition coefficient (Wildman–Crippen LogP) is 3.29. The largest absolute Gasteiger partial charge is 0.325 e. The van der Waals surface area contributed by atoms with Crippen LogP contribution in [0.25, 0.3) is 0 Å². The van der Waals surface area contributed by atoms with Crippen LogP contribution in [0.4, 0.5) is 11.4 Å². The van der Waals surface area contributed by atoms with Gasteiger partial charge in [-0.2, -0.15) is 5.26 Å². The van der Waals surface area contributed by atoms with E-state index in [1.165, 1.54) is 0 Å². The molecule has 0 aliphatic rings. The van der Waals surface area contributed by atoms with E-state index in [9.17, 15) is 9.59 Å². The van der Waals surface area contributed by atoms with Crippen LogP contribution < -0.4 is 10.6 Å². The Morgan fingerprint density at radius 1 is 0.955 bits per heavy atom. The summed E-state index contributed by atoms with van der Waals surface area (Å²) in [4.78, 5) is 23.7. The van der Waals surface area contributed by atoms with Crippen LogP contribution in [-0.4, -0.2) is 11.8 Å². The number of hydrogen-bond donors (Lipinski definition) is 2. The van der Waals surface area contributed by atoms with Gasteiger partial charge in [0.2, 0.25) is 11.8 Å². The van der Waals surface area contributed by atoms with E-state index in [0.29, 0.717) is 16.9 Å². The molecule has 0 fully saturated rings. The van der Waals surface area contributed by atoms with Gasteiger partial charge in [0.1, 0.15) is 12.5 Å². The zero-order valence-corrected chi connectivity index (χ0v) is 13.1. The van der Waals surface area contributed by atoms with Gasteiger partial charge >= 0.3 is 0 Å². The van der Waals surface area contributed by atoms with Gasteiger partial charge < -0.3 is 10.6 Å². The van der Waals surface area contributed by atoms with E-state index in [1.807, 2.05) is 12.1 Å². The lowest BCUT2D eigenvalue weighted by molar-refractivity contribution is -0.123. The highest BCUT2D eigenvalue weighted by atomic mass is 79.9. The van der Waals surface area contributed by atoms with Crippen LogP contribution in [0.3, 0.4) is 0 Å². The van der Waals surface area contributed by atoms with Crippen LogP contribution in [0.5, 0.6) is 0 Å². The minimum atomic E-state index is -0.479. The highest BCUT2D eigenvalue weighted by molar-refractivity contribution is 9.10. The number of nitrogens with zero attached hydrogens (tertiary/aromatic N) is 1. The van der Waals surface area contributed by atoms with Crippen LogP contribution >= 0.6 is 15.9 Å². The minimum absolute atomic E-state index is 0.332. The lowest BCUT2D eigenvalue weighted by Crippen LogP contribution is -2.21. The number of carbonyl (C=O) groups is 2. The highest BCUT2D eigenvalue weighted by Crippen LogP contribution is 2.21. The molecule has 0 spiro atoms. The van der Waals surface area contributed by atoms with E-state index in [2.05, 4.69) is 26.6 Å². The Hall–Kier alpha value is -2.65. The van der Waals surface area contributed by atoms with Gasteiger partial charge in [0.15, 0.2) is 0 Å². The Morgan fingerprint density at radius 2 is 1.50 bits per heavy atom. The van der Waals surface area contributed by atoms with Crippen LogP contribution in [-0.2, 0) is 9.59 Å². The standard InChI is InChI=1S/C16H12BrN3O2/c17-12-6-2-4-8-14(12)20-16(22)9-15(21)19-13-7-3-1-5-11(13)10-18/h1-8H,9H2,(H,19,21)(H,20,22). The smallest absolute Gasteiger partial charge is 0.233 e. The molecule has 0 aromatic heterocycles. The second-order valence-electron chi connectivity index (χ2n) is 4.41. The van der Waals surface area contributed by atoms with E-state index in [0.717, 1.165) is 4.47 Å². The molecule has 0 saturated carbocycles. The number of carbonyl (C=O) groups excluding carboxylic acids is 2. The van der Waals surface area contributed by atoms with E-state index in [4.69, 9.17) is 5.26 Å². The average molecular weight is 358 g/mol. The molecule has 0 aliphatic carbocycles. The third-order valence-corrected chi connectivity index (χ3v) is 3.48. The quantitative estimate of drug-likeness (QED) is 0.823. The van der Waals surface area contributed by atoms with Crippen molar-refractivity contribution in [1.82, 2.24) is 0 Å². The highest BCUT2D eigenvalue weighted by Gasteiger charge is 2.12. The second-order valence-corrected chi connectivity index (χ2v) is 5.26. The molecule has 2 N–H and O–H groups in total. The van der Waals surface area contributed by atoms with Crippen LogP contribution in [0.15, 0.2) is 53.0 Å². The van der Waals surface area contributed by atoms with Gasteiger partial charge in [-0.15, -0.1) is 0 Å². The number of benzene rings is 2. The number of nitriles is 1. The molecule has 22 heavy (non-hydrogen) atoms. The average Bonchev–Trinajstić information content (AvgIpc) is 2.50. The molecule has 0 unspecified atom stereocenters. The second kappa shape index (κ2) is 7.38. The molecule has 0 heterocycles. The summed E-state index contributed by atoms with van der Waals surface area (Å²) in [5, 5.41) is 14.2. The Kier molecular flexibility index (Phi) is 5.28. The minimum Gasteiger partial charge on any atom is -0.325 e. The monoisotopic (exact) mass is 357 g/mol. The number of halogens is 1. The summed E-state index contributed by atoms with van der Waals surface area (Å²) in [6, 6.07) is 15.7. The topological polar surface area (TPSA) is 82.0 Å². The summed E-state index contributed by atoms with van der Waals surface area (Å²) in [6.45, 7) is 0. The van der Waals surface area contributed by atoms with E-state index < -0.39 is 11.8 Å². The maximum Gasteiger partial charge on any atom is 0.233 e. The van der Waals surface area contributed by atoms with E-state index in [-0.39, 0.29) is 6.42 Å². The molecule has 2 amide bonds. The van der Waals surface area contributed by atoms with Crippen molar-refractivity contribution in [3.8, 4) is 6.07 Å². The lowest BCUT2D eigenvalue weighted by atomic mass is 10.2. The Bertz CT molecular complexity index is 753. The zero-order chi connectivity index (χ0) is 15.9. The zero-order valence-electron chi connectivity index (χ0n) is 11.5. The first-order valence-electron chi connectivity index (χ1n) is 6.43. The predicted molar refractivity (Wildman–Crippen MR) is 87.2 cm³/mol. The van der Waals surface area contributed by atoms with E-state index >= 15 is 0 Å². The van der Waals surface area contributed by atoms with Gasteiger partial charge in [-0.1, -0.05) is 24.3 Å². The Balaban J connectivity index is 1.96. The first-order chi connectivity index (χ1) is 10.6. The SMILES string of the molecule is N#Cc1ccccc1NC(=O)CC(=O)Nc1ccccc1Br. The van der Waals surface area contributed by atoms with Gasteiger partial charge in [0.05, 0.1) is 16.9 Å². The number of anilines is 2. The van der Waals surface area contributed by atoms with Crippen molar-refractivity contribution in [3.05, 3.63) is 58.6 Å². The van der Waals surface area contributed by atoms with Crippen molar-refractivity contribution in [1.29, 1.82) is 5.26 Å². The van der Waals surface area contributed by atoms with Crippen molar-refractivity contribution in [2.24, 2.45) is 0 Å². The molecule has 2 rings (SSSR count). The van der Waals surface area contributed by atoms with Crippen molar-refractivity contribution in [3.63, 3.8) is 0 Å². The maximum atomic E-state index is 11.9. The molecule has 2 aromatic carbocycles. The molecule has 5 nitrogen and oxygen atoms in total. The first-order valence-corrected chi connectivity index (χ1v) is 7.23. The van der Waals surface area contributed by atoms with Gasteiger partial charge in [-0.05, 0) is 40.2 Å².